The van der Waals surface area contributed by atoms with Gasteiger partial charge in [-0.1, -0.05) is 24.4 Å². The van der Waals surface area contributed by atoms with E-state index in [9.17, 15) is 22.8 Å². The summed E-state index contributed by atoms with van der Waals surface area (Å²) in [5.74, 6) is -1.89. The first-order chi connectivity index (χ1) is 15.3. The van der Waals surface area contributed by atoms with Crippen LogP contribution in [0, 0.1) is 5.92 Å². The average molecular weight is 472 g/mol. The lowest BCUT2D eigenvalue weighted by Gasteiger charge is -2.38. The molecular formula is C20H23F3N4O4S. The fraction of sp³-hybridized carbons (Fsp3) is 0.600. The molecule has 2 aromatic rings. The Labute approximate surface area is 186 Å². The fourth-order valence-corrected chi connectivity index (χ4v) is 4.86. The maximum absolute atomic E-state index is 13.0. The first kappa shape index (κ1) is 22.7. The molecule has 1 saturated carbocycles. The van der Waals surface area contributed by atoms with Gasteiger partial charge in [0.2, 0.25) is 11.7 Å². The van der Waals surface area contributed by atoms with Crippen molar-refractivity contribution in [3.05, 3.63) is 22.9 Å². The van der Waals surface area contributed by atoms with Crippen molar-refractivity contribution in [2.45, 2.75) is 44.3 Å². The van der Waals surface area contributed by atoms with Crippen molar-refractivity contribution < 1.29 is 32.0 Å². The molecule has 1 saturated heterocycles. The standard InChI is InChI=1S/C20H23F3N4O4S/c21-20(22,23)19-25-16(26-31-19)14-6-7-15(32-14)17(28)24-10-13-11-30-9-8-27(13)18(29)12-4-2-1-3-5-12/h6-7,12-13H,1-5,8-11H2,(H,24,28). The van der Waals surface area contributed by atoms with Crippen LogP contribution in [0.25, 0.3) is 10.7 Å². The van der Waals surface area contributed by atoms with Crippen molar-refractivity contribution in [1.82, 2.24) is 20.4 Å². The fourth-order valence-electron chi connectivity index (χ4n) is 4.01. The highest BCUT2D eigenvalue weighted by Gasteiger charge is 2.39. The molecule has 12 heteroatoms. The van der Waals surface area contributed by atoms with Gasteiger partial charge in [-0.15, -0.1) is 11.3 Å². The van der Waals surface area contributed by atoms with Gasteiger partial charge in [-0.05, 0) is 25.0 Å². The summed E-state index contributed by atoms with van der Waals surface area (Å²) in [7, 11) is 0. The van der Waals surface area contributed by atoms with Gasteiger partial charge in [0, 0.05) is 19.0 Å². The van der Waals surface area contributed by atoms with Gasteiger partial charge in [0.15, 0.2) is 0 Å². The summed E-state index contributed by atoms with van der Waals surface area (Å²) in [6.07, 6.45) is 0.364. The maximum atomic E-state index is 13.0. The number of thiophene rings is 1. The smallest absolute Gasteiger partial charge is 0.377 e. The van der Waals surface area contributed by atoms with Gasteiger partial charge >= 0.3 is 12.1 Å². The molecule has 2 aliphatic rings. The first-order valence-electron chi connectivity index (χ1n) is 10.5. The second-order valence-corrected chi connectivity index (χ2v) is 8.97. The number of hydrogen-bond acceptors (Lipinski definition) is 7. The number of rotatable bonds is 5. The molecule has 0 radical (unpaired) electrons. The van der Waals surface area contributed by atoms with Crippen molar-refractivity contribution in [2.24, 2.45) is 5.92 Å². The van der Waals surface area contributed by atoms with Crippen LogP contribution >= 0.6 is 11.3 Å². The predicted molar refractivity (Wildman–Crippen MR) is 108 cm³/mol. The maximum Gasteiger partial charge on any atom is 0.471 e. The normalized spacial score (nSPS) is 20.3. The molecule has 1 aliphatic heterocycles. The summed E-state index contributed by atoms with van der Waals surface area (Å²) < 4.78 is 47.7. The molecule has 174 valence electrons. The Morgan fingerprint density at radius 3 is 2.72 bits per heavy atom. The number of aromatic nitrogens is 2. The third kappa shape index (κ3) is 5.12. The molecule has 1 atom stereocenters. The second-order valence-electron chi connectivity index (χ2n) is 7.89. The van der Waals surface area contributed by atoms with Crippen molar-refractivity contribution in [1.29, 1.82) is 0 Å². The van der Waals surface area contributed by atoms with Crippen molar-refractivity contribution in [2.75, 3.05) is 26.3 Å². The lowest BCUT2D eigenvalue weighted by molar-refractivity contribution is -0.159. The Kier molecular flexibility index (Phi) is 6.79. The van der Waals surface area contributed by atoms with E-state index in [1.54, 1.807) is 0 Å². The molecule has 2 aromatic heterocycles. The predicted octanol–water partition coefficient (Wildman–Crippen LogP) is 3.35. The van der Waals surface area contributed by atoms with E-state index in [-0.39, 0.29) is 35.1 Å². The molecule has 2 amide bonds. The lowest BCUT2D eigenvalue weighted by Crippen LogP contribution is -2.55. The number of carbonyl (C=O) groups excluding carboxylic acids is 2. The van der Waals surface area contributed by atoms with Gasteiger partial charge in [-0.3, -0.25) is 9.59 Å². The topological polar surface area (TPSA) is 97.6 Å². The van der Waals surface area contributed by atoms with Gasteiger partial charge in [0.25, 0.3) is 5.91 Å². The Bertz CT molecular complexity index is 955. The number of morpholine rings is 1. The quantitative estimate of drug-likeness (QED) is 0.717. The van der Waals surface area contributed by atoms with Gasteiger partial charge in [-0.25, -0.2) is 0 Å². The van der Waals surface area contributed by atoms with Crippen LogP contribution in [-0.2, 0) is 15.7 Å². The van der Waals surface area contributed by atoms with E-state index >= 15 is 0 Å². The number of ether oxygens (including phenoxy) is 1. The molecule has 0 bridgehead atoms. The average Bonchev–Trinajstić information content (AvgIpc) is 3.47. The Morgan fingerprint density at radius 1 is 1.22 bits per heavy atom. The minimum absolute atomic E-state index is 0.0384. The number of hydrogen-bond donors (Lipinski definition) is 1. The van der Waals surface area contributed by atoms with Gasteiger partial charge in [0.1, 0.15) is 0 Å². The molecule has 1 N–H and O–H groups in total. The molecule has 2 fully saturated rings. The van der Waals surface area contributed by atoms with E-state index in [4.69, 9.17) is 4.74 Å². The number of carbonyl (C=O) groups is 2. The van der Waals surface area contributed by atoms with Crippen LogP contribution in [0.4, 0.5) is 13.2 Å². The van der Waals surface area contributed by atoms with Crippen LogP contribution in [0.3, 0.4) is 0 Å². The van der Waals surface area contributed by atoms with E-state index in [2.05, 4.69) is 20.0 Å². The number of amides is 2. The number of halogens is 3. The van der Waals surface area contributed by atoms with Crippen LogP contribution in [0.5, 0.6) is 0 Å². The van der Waals surface area contributed by atoms with Gasteiger partial charge < -0.3 is 19.5 Å². The highest BCUT2D eigenvalue weighted by molar-refractivity contribution is 7.17. The first-order valence-corrected chi connectivity index (χ1v) is 11.3. The van der Waals surface area contributed by atoms with Crippen LogP contribution in [0.2, 0.25) is 0 Å². The summed E-state index contributed by atoms with van der Waals surface area (Å²) in [5.41, 5.74) is 0. The zero-order valence-electron chi connectivity index (χ0n) is 17.2. The highest BCUT2D eigenvalue weighted by Crippen LogP contribution is 2.32. The van der Waals surface area contributed by atoms with Gasteiger partial charge in [-0.2, -0.15) is 18.2 Å². The SMILES string of the molecule is O=C(NCC1COCCN1C(=O)C1CCCCC1)c1ccc(-c2noc(C(F)(F)F)n2)s1. The molecule has 8 nitrogen and oxygen atoms in total. The van der Waals surface area contributed by atoms with Crippen LogP contribution in [-0.4, -0.2) is 59.2 Å². The zero-order valence-corrected chi connectivity index (χ0v) is 18.0. The Balaban J connectivity index is 1.36. The van der Waals surface area contributed by atoms with Crippen molar-refractivity contribution in [3.63, 3.8) is 0 Å². The minimum atomic E-state index is -4.73. The molecule has 32 heavy (non-hydrogen) atoms. The molecule has 0 aromatic carbocycles. The van der Waals surface area contributed by atoms with E-state index in [1.807, 2.05) is 4.90 Å². The summed E-state index contributed by atoms with van der Waals surface area (Å²) in [4.78, 5) is 31.3. The van der Waals surface area contributed by atoms with Gasteiger partial charge in [0.05, 0.1) is 29.0 Å². The number of nitrogens with zero attached hydrogens (tertiary/aromatic N) is 3. The summed E-state index contributed by atoms with van der Waals surface area (Å²) in [6, 6.07) is 2.70. The summed E-state index contributed by atoms with van der Waals surface area (Å²) in [6.45, 7) is 1.54. The van der Waals surface area contributed by atoms with Crippen LogP contribution in [0.1, 0.15) is 47.7 Å². The molecule has 1 aliphatic carbocycles. The number of nitrogens with one attached hydrogen (secondary N) is 1. The second kappa shape index (κ2) is 9.57. The molecule has 0 spiro atoms. The van der Waals surface area contributed by atoms with E-state index < -0.39 is 18.0 Å². The largest absolute Gasteiger partial charge is 0.471 e. The van der Waals surface area contributed by atoms with Crippen molar-refractivity contribution in [3.8, 4) is 10.7 Å². The lowest BCUT2D eigenvalue weighted by atomic mass is 9.88. The zero-order chi connectivity index (χ0) is 22.7. The number of alkyl halides is 3. The van der Waals surface area contributed by atoms with Crippen LogP contribution in [0.15, 0.2) is 16.7 Å². The molecular weight excluding hydrogens is 449 g/mol. The molecule has 4 rings (SSSR count). The third-order valence-electron chi connectivity index (χ3n) is 5.68. The van der Waals surface area contributed by atoms with Crippen molar-refractivity contribution >= 4 is 23.2 Å². The Hall–Kier alpha value is -2.47. The van der Waals surface area contributed by atoms with E-state index in [0.29, 0.717) is 24.6 Å². The highest BCUT2D eigenvalue weighted by atomic mass is 32.1. The minimum Gasteiger partial charge on any atom is -0.377 e. The monoisotopic (exact) mass is 472 g/mol. The van der Waals surface area contributed by atoms with Crippen LogP contribution < -0.4 is 5.32 Å². The summed E-state index contributed by atoms with van der Waals surface area (Å²) >= 11 is 0.958. The molecule has 3 heterocycles. The Morgan fingerprint density at radius 2 is 2.00 bits per heavy atom. The van der Waals surface area contributed by atoms with E-state index in [0.717, 1.165) is 43.4 Å². The third-order valence-corrected chi connectivity index (χ3v) is 6.76. The summed E-state index contributed by atoms with van der Waals surface area (Å²) in [5, 5.41) is 6.13. The molecule has 1 unspecified atom stereocenters. The van der Waals surface area contributed by atoms with E-state index in [1.165, 1.54) is 12.1 Å².